The van der Waals surface area contributed by atoms with Gasteiger partial charge in [-0.15, -0.1) is 0 Å². The SMILES string of the molecule is c1ccc(-c2ccc3c(c2)oc2ccc(-c4nc(-c5ccccc5)nc(-c5cccc6oc7ccccc7c56)n4)cc23)cc1. The third-order valence-electron chi connectivity index (χ3n) is 8.15. The summed E-state index contributed by atoms with van der Waals surface area (Å²) < 4.78 is 12.5. The molecular weight excluding hydrogens is 542 g/mol. The van der Waals surface area contributed by atoms with Crippen LogP contribution in [-0.2, 0) is 0 Å². The molecule has 5 nitrogen and oxygen atoms in total. The largest absolute Gasteiger partial charge is 0.456 e. The third kappa shape index (κ3) is 3.98. The Hall–Kier alpha value is -6.07. The van der Waals surface area contributed by atoms with Crippen LogP contribution in [0.4, 0.5) is 0 Å². The second-order valence-electron chi connectivity index (χ2n) is 10.8. The van der Waals surface area contributed by atoms with Gasteiger partial charge in [0, 0.05) is 38.2 Å². The van der Waals surface area contributed by atoms with Gasteiger partial charge in [-0.25, -0.2) is 15.0 Å². The van der Waals surface area contributed by atoms with E-state index in [0.29, 0.717) is 17.5 Å². The third-order valence-corrected chi connectivity index (χ3v) is 8.15. The summed E-state index contributed by atoms with van der Waals surface area (Å²) in [5, 5.41) is 4.09. The average Bonchev–Trinajstić information content (AvgIpc) is 3.66. The summed E-state index contributed by atoms with van der Waals surface area (Å²) in [6.07, 6.45) is 0. The lowest BCUT2D eigenvalue weighted by Gasteiger charge is -2.09. The van der Waals surface area contributed by atoms with Gasteiger partial charge in [-0.1, -0.05) is 97.1 Å². The van der Waals surface area contributed by atoms with Crippen molar-refractivity contribution < 1.29 is 8.83 Å². The van der Waals surface area contributed by atoms with Crippen molar-refractivity contribution in [3.8, 4) is 45.3 Å². The molecular formula is C39H23N3O2. The molecule has 44 heavy (non-hydrogen) atoms. The first-order chi connectivity index (χ1) is 21.8. The van der Waals surface area contributed by atoms with Gasteiger partial charge in [-0.2, -0.15) is 0 Å². The maximum atomic E-state index is 6.31. The van der Waals surface area contributed by atoms with E-state index < -0.39 is 0 Å². The summed E-state index contributed by atoms with van der Waals surface area (Å²) in [5.74, 6) is 1.80. The van der Waals surface area contributed by atoms with Crippen molar-refractivity contribution >= 4 is 43.9 Å². The molecule has 0 aliphatic rings. The predicted molar refractivity (Wildman–Crippen MR) is 176 cm³/mol. The first-order valence-corrected chi connectivity index (χ1v) is 14.5. The normalized spacial score (nSPS) is 11.6. The van der Waals surface area contributed by atoms with Gasteiger partial charge in [0.25, 0.3) is 0 Å². The van der Waals surface area contributed by atoms with E-state index in [0.717, 1.165) is 71.7 Å². The molecule has 0 bridgehead atoms. The van der Waals surface area contributed by atoms with Gasteiger partial charge < -0.3 is 8.83 Å². The number of aromatic nitrogens is 3. The van der Waals surface area contributed by atoms with Crippen LogP contribution in [0.1, 0.15) is 0 Å². The topological polar surface area (TPSA) is 65.0 Å². The molecule has 5 heteroatoms. The molecule has 9 aromatic rings. The lowest BCUT2D eigenvalue weighted by Crippen LogP contribution is -2.00. The number of hydrogen-bond acceptors (Lipinski definition) is 5. The summed E-state index contributed by atoms with van der Waals surface area (Å²) in [6.45, 7) is 0. The van der Waals surface area contributed by atoms with Crippen LogP contribution in [0.5, 0.6) is 0 Å². The zero-order valence-electron chi connectivity index (χ0n) is 23.4. The van der Waals surface area contributed by atoms with Crippen LogP contribution in [0.25, 0.3) is 89.2 Å². The molecule has 206 valence electrons. The zero-order valence-corrected chi connectivity index (χ0v) is 23.4. The van der Waals surface area contributed by atoms with Crippen LogP contribution in [-0.4, -0.2) is 15.0 Å². The van der Waals surface area contributed by atoms with Crippen molar-refractivity contribution in [3.05, 3.63) is 140 Å². The highest BCUT2D eigenvalue weighted by Gasteiger charge is 2.18. The fourth-order valence-corrected chi connectivity index (χ4v) is 6.03. The summed E-state index contributed by atoms with van der Waals surface area (Å²) in [7, 11) is 0. The fourth-order valence-electron chi connectivity index (χ4n) is 6.03. The highest BCUT2D eigenvalue weighted by molar-refractivity contribution is 6.12. The number of para-hydroxylation sites is 1. The molecule has 3 aromatic heterocycles. The highest BCUT2D eigenvalue weighted by Crippen LogP contribution is 2.38. The Morgan fingerprint density at radius 2 is 0.977 bits per heavy atom. The number of nitrogens with zero attached hydrogens (tertiary/aromatic N) is 3. The lowest BCUT2D eigenvalue weighted by atomic mass is 10.0. The van der Waals surface area contributed by atoms with E-state index in [-0.39, 0.29) is 0 Å². The van der Waals surface area contributed by atoms with E-state index in [9.17, 15) is 0 Å². The van der Waals surface area contributed by atoms with Crippen LogP contribution in [0.3, 0.4) is 0 Å². The number of benzene rings is 6. The van der Waals surface area contributed by atoms with Gasteiger partial charge >= 0.3 is 0 Å². The summed E-state index contributed by atoms with van der Waals surface area (Å²) in [4.78, 5) is 15.0. The van der Waals surface area contributed by atoms with Crippen molar-refractivity contribution in [2.75, 3.05) is 0 Å². The molecule has 0 saturated heterocycles. The molecule has 0 aliphatic carbocycles. The standard InChI is InChI=1S/C39H23N3O2/c1-3-10-24(11-4-1)26-18-20-28-31-22-27(19-21-33(31)44-35(28)23-26)38-40-37(25-12-5-2-6-13-25)41-39(42-38)30-15-9-17-34-36(30)29-14-7-8-16-32(29)43-34/h1-23H. The molecule has 3 heterocycles. The van der Waals surface area contributed by atoms with Crippen molar-refractivity contribution in [2.24, 2.45) is 0 Å². The van der Waals surface area contributed by atoms with Crippen molar-refractivity contribution in [2.45, 2.75) is 0 Å². The van der Waals surface area contributed by atoms with E-state index in [2.05, 4.69) is 48.5 Å². The molecule has 0 N–H and O–H groups in total. The van der Waals surface area contributed by atoms with Crippen LogP contribution in [0.15, 0.2) is 148 Å². The Morgan fingerprint density at radius 3 is 1.82 bits per heavy atom. The first-order valence-electron chi connectivity index (χ1n) is 14.5. The minimum Gasteiger partial charge on any atom is -0.456 e. The van der Waals surface area contributed by atoms with Crippen LogP contribution in [0, 0.1) is 0 Å². The molecule has 0 amide bonds. The molecule has 0 atom stereocenters. The molecule has 0 fully saturated rings. The second-order valence-corrected chi connectivity index (χ2v) is 10.8. The van der Waals surface area contributed by atoms with Crippen LogP contribution in [0.2, 0.25) is 0 Å². The quantitative estimate of drug-likeness (QED) is 0.212. The highest BCUT2D eigenvalue weighted by atomic mass is 16.3. The van der Waals surface area contributed by atoms with E-state index in [4.69, 9.17) is 23.8 Å². The molecule has 6 aromatic carbocycles. The Kier molecular flexibility index (Phi) is 5.43. The van der Waals surface area contributed by atoms with E-state index in [1.807, 2.05) is 91.0 Å². The minimum atomic E-state index is 0.593. The molecule has 0 spiro atoms. The molecule has 0 unspecified atom stereocenters. The van der Waals surface area contributed by atoms with Gasteiger partial charge in [0.05, 0.1) is 0 Å². The maximum absolute atomic E-state index is 6.31. The number of furan rings is 2. The van der Waals surface area contributed by atoms with Crippen LogP contribution >= 0.6 is 0 Å². The van der Waals surface area contributed by atoms with Gasteiger partial charge in [-0.05, 0) is 53.6 Å². The molecule has 0 aliphatic heterocycles. The Balaban J connectivity index is 1.24. The maximum Gasteiger partial charge on any atom is 0.164 e. The lowest BCUT2D eigenvalue weighted by molar-refractivity contribution is 0.668. The number of fused-ring (bicyclic) bond motifs is 6. The zero-order chi connectivity index (χ0) is 29.0. The fraction of sp³-hybridized carbons (Fsp3) is 0. The van der Waals surface area contributed by atoms with Crippen molar-refractivity contribution in [1.82, 2.24) is 15.0 Å². The van der Waals surface area contributed by atoms with E-state index in [1.165, 1.54) is 0 Å². The predicted octanol–water partition coefficient (Wildman–Crippen LogP) is 10.3. The van der Waals surface area contributed by atoms with Crippen molar-refractivity contribution in [1.29, 1.82) is 0 Å². The van der Waals surface area contributed by atoms with Gasteiger partial charge in [0.2, 0.25) is 0 Å². The van der Waals surface area contributed by atoms with Crippen LogP contribution < -0.4 is 0 Å². The van der Waals surface area contributed by atoms with Crippen molar-refractivity contribution in [3.63, 3.8) is 0 Å². The summed E-state index contributed by atoms with van der Waals surface area (Å²) in [6, 6.07) is 47.0. The molecule has 0 radical (unpaired) electrons. The Labute approximate surface area is 252 Å². The molecule has 0 saturated carbocycles. The minimum absolute atomic E-state index is 0.593. The molecule has 9 rings (SSSR count). The number of rotatable bonds is 4. The van der Waals surface area contributed by atoms with Gasteiger partial charge in [0.15, 0.2) is 17.5 Å². The van der Waals surface area contributed by atoms with Gasteiger partial charge in [-0.3, -0.25) is 0 Å². The monoisotopic (exact) mass is 565 g/mol. The first kappa shape index (κ1) is 24.5. The Bertz CT molecular complexity index is 2500. The Morgan fingerprint density at radius 1 is 0.341 bits per heavy atom. The summed E-state index contributed by atoms with van der Waals surface area (Å²) >= 11 is 0. The van der Waals surface area contributed by atoms with Gasteiger partial charge in [0.1, 0.15) is 22.3 Å². The van der Waals surface area contributed by atoms with E-state index >= 15 is 0 Å². The average molecular weight is 566 g/mol. The smallest absolute Gasteiger partial charge is 0.164 e. The number of hydrogen-bond donors (Lipinski definition) is 0. The second kappa shape index (κ2) is 9.75. The summed E-state index contributed by atoms with van der Waals surface area (Å²) in [5.41, 5.74) is 8.28. The van der Waals surface area contributed by atoms with E-state index in [1.54, 1.807) is 0 Å².